The summed E-state index contributed by atoms with van der Waals surface area (Å²) in [5.74, 6) is 0. The second kappa shape index (κ2) is 3.69. The molecule has 0 nitrogen and oxygen atoms in total. The minimum absolute atomic E-state index is 0.807. The van der Waals surface area contributed by atoms with Gasteiger partial charge in [-0.05, 0) is 0 Å². The van der Waals surface area contributed by atoms with E-state index >= 15 is 0 Å². The first kappa shape index (κ1) is 8.50. The first-order valence-electron chi connectivity index (χ1n) is 3.92. The van der Waals surface area contributed by atoms with Gasteiger partial charge in [-0.2, -0.15) is 0 Å². The Kier molecular flexibility index (Phi) is 3.14. The van der Waals surface area contributed by atoms with Crippen LogP contribution in [0.25, 0.3) is 0 Å². The van der Waals surface area contributed by atoms with Crippen molar-refractivity contribution in [1.29, 1.82) is 0 Å². The standard InChI is InChI=1S/C9H16Te/c1-4-7-10-8(2)5-6-9(10)3/h4,7-9H,1,5-6H2,2-3H3/t8-,9-/m1/s1. The van der Waals surface area contributed by atoms with E-state index < -0.39 is 19.1 Å². The number of hydrogen-bond donors (Lipinski definition) is 0. The average molecular weight is 252 g/mol. The fraction of sp³-hybridized carbons (Fsp3) is 0.667. The van der Waals surface area contributed by atoms with Gasteiger partial charge in [0.2, 0.25) is 0 Å². The van der Waals surface area contributed by atoms with Gasteiger partial charge in [0, 0.05) is 0 Å². The fourth-order valence-corrected chi connectivity index (χ4v) is 8.28. The van der Waals surface area contributed by atoms with E-state index in [9.17, 15) is 0 Å². The average Bonchev–Trinajstić information content (AvgIpc) is 2.20. The number of hydrogen-bond acceptors (Lipinski definition) is 0. The Hall–Kier alpha value is 0.400. The third-order valence-corrected chi connectivity index (χ3v) is 10.3. The van der Waals surface area contributed by atoms with Gasteiger partial charge in [0.1, 0.15) is 0 Å². The summed E-state index contributed by atoms with van der Waals surface area (Å²) in [7, 11) is 0. The van der Waals surface area contributed by atoms with Crippen molar-refractivity contribution in [1.82, 2.24) is 0 Å². The Balaban J connectivity index is 2.71. The third kappa shape index (κ3) is 1.71. The second-order valence-electron chi connectivity index (χ2n) is 2.98. The van der Waals surface area contributed by atoms with E-state index in [4.69, 9.17) is 0 Å². The molecule has 2 atom stereocenters. The Bertz CT molecular complexity index is 146. The van der Waals surface area contributed by atoms with Gasteiger partial charge in [-0.15, -0.1) is 0 Å². The maximum atomic E-state index is 3.78. The molecule has 58 valence electrons. The SMILES string of the molecule is C=CC=[Te]1[C@H](C)CC[C@H]1C. The first-order chi connectivity index (χ1) is 4.75. The first-order valence-corrected chi connectivity index (χ1v) is 7.96. The molecule has 1 rings (SSSR count). The molecule has 0 amide bonds. The van der Waals surface area contributed by atoms with E-state index in [1.54, 1.807) is 0 Å². The van der Waals surface area contributed by atoms with Crippen molar-refractivity contribution in [2.24, 2.45) is 0 Å². The maximum absolute atomic E-state index is 3.78. The van der Waals surface area contributed by atoms with Gasteiger partial charge in [0.05, 0.1) is 0 Å². The summed E-state index contributed by atoms with van der Waals surface area (Å²) in [5, 5.41) is 0. The van der Waals surface area contributed by atoms with Crippen LogP contribution in [0.4, 0.5) is 0 Å². The van der Waals surface area contributed by atoms with Crippen LogP contribution in [0.1, 0.15) is 26.7 Å². The van der Waals surface area contributed by atoms with Crippen molar-refractivity contribution in [2.45, 2.75) is 34.6 Å². The fourth-order valence-electron chi connectivity index (χ4n) is 1.52. The zero-order valence-electron chi connectivity index (χ0n) is 6.84. The van der Waals surface area contributed by atoms with E-state index in [0.29, 0.717) is 0 Å². The van der Waals surface area contributed by atoms with Crippen molar-refractivity contribution in [2.75, 3.05) is 0 Å². The Labute approximate surface area is 70.5 Å². The van der Waals surface area contributed by atoms with Crippen LogP contribution in [-0.4, -0.2) is 23.1 Å². The van der Waals surface area contributed by atoms with E-state index in [-0.39, 0.29) is 0 Å². The van der Waals surface area contributed by atoms with Gasteiger partial charge < -0.3 is 0 Å². The van der Waals surface area contributed by atoms with Crippen LogP contribution < -0.4 is 0 Å². The molecule has 0 radical (unpaired) electrons. The molecule has 0 aliphatic carbocycles. The van der Waals surface area contributed by atoms with Gasteiger partial charge in [-0.1, -0.05) is 0 Å². The molecule has 0 aromatic carbocycles. The van der Waals surface area contributed by atoms with E-state index in [0.717, 1.165) is 7.93 Å². The summed E-state index contributed by atoms with van der Waals surface area (Å²) in [6.07, 6.45) is 4.97. The third-order valence-electron chi connectivity index (χ3n) is 2.16. The van der Waals surface area contributed by atoms with Crippen molar-refractivity contribution in [3.8, 4) is 0 Å². The molecule has 0 aromatic heterocycles. The Morgan fingerprint density at radius 3 is 2.20 bits per heavy atom. The monoisotopic (exact) mass is 254 g/mol. The zero-order chi connectivity index (χ0) is 7.56. The van der Waals surface area contributed by atoms with Crippen molar-refractivity contribution in [3.63, 3.8) is 0 Å². The summed E-state index contributed by atoms with van der Waals surface area (Å²) < 4.78 is 4.54. The van der Waals surface area contributed by atoms with Gasteiger partial charge in [0.15, 0.2) is 0 Å². The molecule has 0 spiro atoms. The quantitative estimate of drug-likeness (QED) is 0.629. The summed E-state index contributed by atoms with van der Waals surface area (Å²) >= 11 is -0.807. The molecule has 1 heterocycles. The predicted molar refractivity (Wildman–Crippen MR) is 50.1 cm³/mol. The van der Waals surface area contributed by atoms with Gasteiger partial charge in [-0.3, -0.25) is 0 Å². The molecule has 1 fully saturated rings. The molecule has 0 aromatic rings. The van der Waals surface area contributed by atoms with Crippen LogP contribution in [0.3, 0.4) is 0 Å². The molecule has 1 heteroatoms. The van der Waals surface area contributed by atoms with Crippen LogP contribution in [0.5, 0.6) is 0 Å². The van der Waals surface area contributed by atoms with Crippen molar-refractivity contribution >= 4 is 23.1 Å². The minimum atomic E-state index is -0.807. The molecule has 10 heavy (non-hydrogen) atoms. The normalized spacial score (nSPS) is 34.2. The van der Waals surface area contributed by atoms with Crippen LogP contribution in [0, 0.1) is 0 Å². The molecular formula is C9H16Te. The Morgan fingerprint density at radius 1 is 1.30 bits per heavy atom. The molecule has 1 aliphatic rings. The molecular weight excluding hydrogens is 236 g/mol. The van der Waals surface area contributed by atoms with E-state index in [1.165, 1.54) is 12.8 Å². The molecule has 0 bridgehead atoms. The summed E-state index contributed by atoms with van der Waals surface area (Å²) in [5.41, 5.74) is 0. The van der Waals surface area contributed by atoms with Gasteiger partial charge in [0.25, 0.3) is 0 Å². The molecule has 1 aliphatic heterocycles. The van der Waals surface area contributed by atoms with Crippen LogP contribution in [0.15, 0.2) is 12.7 Å². The summed E-state index contributed by atoms with van der Waals surface area (Å²) in [6.45, 7) is 8.61. The predicted octanol–water partition coefficient (Wildman–Crippen LogP) is 2.63. The topological polar surface area (TPSA) is 0 Å². The second-order valence-corrected chi connectivity index (χ2v) is 10.7. The molecule has 0 unspecified atom stereocenters. The molecule has 0 N–H and O–H groups in total. The summed E-state index contributed by atoms with van der Waals surface area (Å²) in [6, 6.07) is 0. The van der Waals surface area contributed by atoms with Gasteiger partial charge >= 0.3 is 70.4 Å². The van der Waals surface area contributed by atoms with Crippen LogP contribution >= 0.6 is 0 Å². The van der Waals surface area contributed by atoms with E-state index in [2.05, 4.69) is 24.5 Å². The van der Waals surface area contributed by atoms with Crippen LogP contribution in [-0.2, 0) is 0 Å². The number of allylic oxidation sites excluding steroid dienone is 1. The van der Waals surface area contributed by atoms with E-state index in [1.807, 2.05) is 6.08 Å². The summed E-state index contributed by atoms with van der Waals surface area (Å²) in [4.78, 5) is 0. The zero-order valence-corrected chi connectivity index (χ0v) is 9.17. The van der Waals surface area contributed by atoms with Gasteiger partial charge in [-0.25, -0.2) is 0 Å². The van der Waals surface area contributed by atoms with Crippen molar-refractivity contribution < 1.29 is 0 Å². The molecule has 0 saturated carbocycles. The Morgan fingerprint density at radius 2 is 1.80 bits per heavy atom. The number of rotatable bonds is 1. The van der Waals surface area contributed by atoms with Crippen molar-refractivity contribution in [3.05, 3.63) is 12.7 Å². The molecule has 1 saturated heterocycles. The van der Waals surface area contributed by atoms with Crippen LogP contribution in [0.2, 0.25) is 7.93 Å².